The fraction of sp³-hybridized carbons (Fsp3) is 0.412. The van der Waals surface area contributed by atoms with Crippen molar-refractivity contribution in [1.29, 1.82) is 0 Å². The highest BCUT2D eigenvalue weighted by molar-refractivity contribution is 6.35. The molecule has 10 nitrogen and oxygen atoms in total. The van der Waals surface area contributed by atoms with Crippen LogP contribution in [0.25, 0.3) is 0 Å². The van der Waals surface area contributed by atoms with Crippen LogP contribution in [0.15, 0.2) is 24.3 Å². The fourth-order valence-corrected chi connectivity index (χ4v) is 2.56. The van der Waals surface area contributed by atoms with Gasteiger partial charge in [-0.25, -0.2) is 4.79 Å². The zero-order valence-corrected chi connectivity index (χ0v) is 16.0. The molecule has 0 aliphatic carbocycles. The van der Waals surface area contributed by atoms with Crippen molar-refractivity contribution in [1.82, 2.24) is 20.7 Å². The molecule has 1 aromatic rings. The Morgan fingerprint density at radius 1 is 1.04 bits per heavy atom. The van der Waals surface area contributed by atoms with Crippen LogP contribution in [0, 0.1) is 0 Å². The molecule has 11 heteroatoms. The van der Waals surface area contributed by atoms with Crippen LogP contribution in [0.4, 0.5) is 4.79 Å². The van der Waals surface area contributed by atoms with Crippen LogP contribution in [0.3, 0.4) is 0 Å². The zero-order chi connectivity index (χ0) is 20.5. The van der Waals surface area contributed by atoms with Crippen LogP contribution in [-0.2, 0) is 19.1 Å². The molecule has 1 heterocycles. The first-order valence-electron chi connectivity index (χ1n) is 8.59. The monoisotopic (exact) mass is 412 g/mol. The summed E-state index contributed by atoms with van der Waals surface area (Å²) in [4.78, 5) is 50.1. The van der Waals surface area contributed by atoms with Gasteiger partial charge < -0.3 is 19.3 Å². The van der Waals surface area contributed by atoms with Crippen LogP contribution in [-0.4, -0.2) is 73.0 Å². The third kappa shape index (κ3) is 6.02. The van der Waals surface area contributed by atoms with Crippen LogP contribution < -0.4 is 15.6 Å². The summed E-state index contributed by atoms with van der Waals surface area (Å²) in [7, 11) is 0. The van der Waals surface area contributed by atoms with Gasteiger partial charge in [0.05, 0.1) is 11.6 Å². The highest BCUT2D eigenvalue weighted by Gasteiger charge is 2.28. The highest BCUT2D eigenvalue weighted by atomic mass is 35.5. The van der Waals surface area contributed by atoms with Crippen LogP contribution >= 0.6 is 11.6 Å². The molecular formula is C17H21ClN4O6. The molecule has 152 valence electrons. The maximum absolute atomic E-state index is 12.1. The second-order valence-corrected chi connectivity index (χ2v) is 6.11. The Bertz CT molecular complexity index is 736. The van der Waals surface area contributed by atoms with Crippen LogP contribution in [0.5, 0.6) is 5.75 Å². The molecule has 0 bridgehead atoms. The minimum atomic E-state index is -0.990. The van der Waals surface area contributed by atoms with Gasteiger partial charge in [-0.05, 0) is 19.1 Å². The molecule has 0 spiro atoms. The average molecular weight is 413 g/mol. The molecule has 28 heavy (non-hydrogen) atoms. The number of carbonyl (C=O) groups is 4. The van der Waals surface area contributed by atoms with Crippen molar-refractivity contribution in [3.63, 3.8) is 0 Å². The van der Waals surface area contributed by atoms with E-state index in [-0.39, 0.29) is 32.8 Å². The van der Waals surface area contributed by atoms with E-state index in [9.17, 15) is 19.2 Å². The summed E-state index contributed by atoms with van der Waals surface area (Å²) in [6.45, 7) is 2.47. The second-order valence-electron chi connectivity index (χ2n) is 5.70. The summed E-state index contributed by atoms with van der Waals surface area (Å²) in [5.74, 6) is -2.14. The van der Waals surface area contributed by atoms with Crippen molar-refractivity contribution in [3.8, 4) is 5.75 Å². The highest BCUT2D eigenvalue weighted by Crippen LogP contribution is 2.22. The van der Waals surface area contributed by atoms with Gasteiger partial charge in [0.1, 0.15) is 5.75 Å². The topological polar surface area (TPSA) is 117 Å². The number of benzene rings is 1. The first-order chi connectivity index (χ1) is 13.4. The van der Waals surface area contributed by atoms with Gasteiger partial charge in [-0.3, -0.25) is 25.2 Å². The number of para-hydroxylation sites is 1. The number of hydrogen-bond donors (Lipinski definition) is 2. The third-order valence-electron chi connectivity index (χ3n) is 3.80. The summed E-state index contributed by atoms with van der Waals surface area (Å²) < 4.78 is 10.1. The van der Waals surface area contributed by atoms with Crippen LogP contribution in [0.2, 0.25) is 5.02 Å². The van der Waals surface area contributed by atoms with E-state index in [1.807, 2.05) is 5.43 Å². The Labute approximate surface area is 166 Å². The van der Waals surface area contributed by atoms with Crippen molar-refractivity contribution >= 4 is 35.4 Å². The van der Waals surface area contributed by atoms with Gasteiger partial charge in [0.15, 0.2) is 6.61 Å². The summed E-state index contributed by atoms with van der Waals surface area (Å²) in [6.07, 6.45) is -0.454. The van der Waals surface area contributed by atoms with Crippen molar-refractivity contribution in [2.45, 2.75) is 6.92 Å². The predicted molar refractivity (Wildman–Crippen MR) is 98.4 cm³/mol. The Hall–Kier alpha value is -3.01. The van der Waals surface area contributed by atoms with Crippen molar-refractivity contribution in [3.05, 3.63) is 29.3 Å². The molecule has 2 N–H and O–H groups in total. The van der Waals surface area contributed by atoms with E-state index < -0.39 is 30.4 Å². The standard InChI is InChI=1S/C17H21ClN4O6/c1-2-27-17(26)22-9-7-21(8-10-22)16(25)15(24)20-19-14(23)11-28-13-6-4-3-5-12(13)18/h3-6H,2,7-11H2,1H3,(H,19,23)(H,20,24). The summed E-state index contributed by atoms with van der Waals surface area (Å²) in [5.41, 5.74) is 4.13. The Morgan fingerprint density at radius 2 is 1.68 bits per heavy atom. The van der Waals surface area contributed by atoms with Crippen molar-refractivity contribution in [2.75, 3.05) is 39.4 Å². The van der Waals surface area contributed by atoms with Crippen LogP contribution in [0.1, 0.15) is 6.92 Å². The van der Waals surface area contributed by atoms with E-state index in [1.165, 1.54) is 9.80 Å². The van der Waals surface area contributed by atoms with E-state index >= 15 is 0 Å². The van der Waals surface area contributed by atoms with Gasteiger partial charge in [-0.1, -0.05) is 23.7 Å². The van der Waals surface area contributed by atoms with Gasteiger partial charge in [-0.2, -0.15) is 0 Å². The molecule has 0 atom stereocenters. The minimum absolute atomic E-state index is 0.189. The first kappa shape index (κ1) is 21.3. The van der Waals surface area contributed by atoms with E-state index in [1.54, 1.807) is 31.2 Å². The molecule has 4 amide bonds. The number of piperazine rings is 1. The quantitative estimate of drug-likeness (QED) is 0.537. The molecule has 0 saturated carbocycles. The zero-order valence-electron chi connectivity index (χ0n) is 15.3. The number of amides is 4. The number of nitrogens with one attached hydrogen (secondary N) is 2. The predicted octanol–water partition coefficient (Wildman–Crippen LogP) is 0.167. The normalized spacial score (nSPS) is 13.5. The lowest BCUT2D eigenvalue weighted by atomic mass is 10.3. The Kier molecular flexibility index (Phi) is 7.88. The number of rotatable bonds is 4. The van der Waals surface area contributed by atoms with Crippen molar-refractivity contribution in [2.24, 2.45) is 0 Å². The SMILES string of the molecule is CCOC(=O)N1CCN(C(=O)C(=O)NNC(=O)COc2ccccc2Cl)CC1. The van der Waals surface area contributed by atoms with Gasteiger partial charge in [0, 0.05) is 26.2 Å². The van der Waals surface area contributed by atoms with E-state index in [4.69, 9.17) is 21.1 Å². The number of hydrazine groups is 1. The maximum atomic E-state index is 12.1. The minimum Gasteiger partial charge on any atom is -0.482 e. The van der Waals surface area contributed by atoms with Gasteiger partial charge >= 0.3 is 17.9 Å². The van der Waals surface area contributed by atoms with Gasteiger partial charge in [-0.15, -0.1) is 0 Å². The molecule has 1 aliphatic heterocycles. The largest absolute Gasteiger partial charge is 0.482 e. The molecule has 1 saturated heterocycles. The summed E-state index contributed by atoms with van der Waals surface area (Å²) in [6, 6.07) is 6.61. The van der Waals surface area contributed by atoms with Crippen molar-refractivity contribution < 1.29 is 28.7 Å². The molecule has 0 unspecified atom stereocenters. The lowest BCUT2D eigenvalue weighted by Crippen LogP contribution is -2.56. The summed E-state index contributed by atoms with van der Waals surface area (Å²) >= 11 is 5.90. The average Bonchev–Trinajstić information content (AvgIpc) is 2.71. The number of carbonyl (C=O) groups excluding carboxylic acids is 4. The smallest absolute Gasteiger partial charge is 0.409 e. The number of nitrogens with zero attached hydrogens (tertiary/aromatic N) is 2. The van der Waals surface area contributed by atoms with E-state index in [0.29, 0.717) is 10.8 Å². The number of hydrogen-bond acceptors (Lipinski definition) is 6. The maximum Gasteiger partial charge on any atom is 0.409 e. The molecule has 0 aromatic heterocycles. The second kappa shape index (κ2) is 10.4. The van der Waals surface area contributed by atoms with Gasteiger partial charge in [0.25, 0.3) is 5.91 Å². The lowest BCUT2D eigenvalue weighted by molar-refractivity contribution is -0.148. The molecule has 2 rings (SSSR count). The third-order valence-corrected chi connectivity index (χ3v) is 4.11. The molecule has 0 radical (unpaired) electrons. The fourth-order valence-electron chi connectivity index (χ4n) is 2.37. The molecule has 1 fully saturated rings. The Balaban J connectivity index is 1.71. The Morgan fingerprint density at radius 3 is 2.32 bits per heavy atom. The first-order valence-corrected chi connectivity index (χ1v) is 8.97. The molecule has 1 aliphatic rings. The molecular weight excluding hydrogens is 392 g/mol. The number of halogens is 1. The summed E-state index contributed by atoms with van der Waals surface area (Å²) in [5, 5.41) is 0.344. The van der Waals surface area contributed by atoms with E-state index in [0.717, 1.165) is 0 Å². The lowest BCUT2D eigenvalue weighted by Gasteiger charge is -2.33. The molecule has 1 aromatic carbocycles. The van der Waals surface area contributed by atoms with Gasteiger partial charge in [0.2, 0.25) is 0 Å². The van der Waals surface area contributed by atoms with E-state index in [2.05, 4.69) is 5.43 Å². The number of ether oxygens (including phenoxy) is 2.